The predicted molar refractivity (Wildman–Crippen MR) is 41.6 cm³/mol. The van der Waals surface area contributed by atoms with Crippen LogP contribution in [-0.4, -0.2) is 19.5 Å². The maximum atomic E-state index is 10.2. The van der Waals surface area contributed by atoms with E-state index < -0.39 is 0 Å². The summed E-state index contributed by atoms with van der Waals surface area (Å²) in [6.07, 6.45) is 3.67. The van der Waals surface area contributed by atoms with Crippen molar-refractivity contribution in [2.75, 3.05) is 13.6 Å². The molecule has 0 aliphatic rings. The molecule has 0 aromatic carbocycles. The number of amides is 1. The zero-order valence-corrected chi connectivity index (χ0v) is 6.52. The molecule has 0 aromatic rings. The summed E-state index contributed by atoms with van der Waals surface area (Å²) < 4.78 is 0. The minimum Gasteiger partial charge on any atom is -0.370 e. The molecule has 0 fully saturated rings. The first-order valence-electron chi connectivity index (χ1n) is 3.70. The Kier molecular flexibility index (Phi) is 6.18. The van der Waals surface area contributed by atoms with Crippen molar-refractivity contribution < 1.29 is 4.79 Å². The summed E-state index contributed by atoms with van der Waals surface area (Å²) in [5.74, 6) is -0.190. The molecular weight excluding hydrogens is 128 g/mol. The molecule has 0 rings (SSSR count). The van der Waals surface area contributed by atoms with Crippen molar-refractivity contribution in [3.63, 3.8) is 0 Å². The SMILES string of the molecule is CNCCCCCC(N)=O. The number of hydrogen-bond acceptors (Lipinski definition) is 2. The van der Waals surface area contributed by atoms with Crippen LogP contribution in [0, 0.1) is 0 Å². The van der Waals surface area contributed by atoms with Gasteiger partial charge in [-0.25, -0.2) is 0 Å². The van der Waals surface area contributed by atoms with E-state index in [1.54, 1.807) is 0 Å². The number of carbonyl (C=O) groups excluding carboxylic acids is 1. The lowest BCUT2D eigenvalue weighted by atomic mass is 10.2. The maximum absolute atomic E-state index is 10.2. The van der Waals surface area contributed by atoms with E-state index in [9.17, 15) is 4.79 Å². The average Bonchev–Trinajstić information content (AvgIpc) is 1.87. The van der Waals surface area contributed by atoms with E-state index in [0.717, 1.165) is 25.8 Å². The van der Waals surface area contributed by atoms with Crippen molar-refractivity contribution in [3.05, 3.63) is 0 Å². The summed E-state index contributed by atoms with van der Waals surface area (Å²) in [6.45, 7) is 1.03. The summed E-state index contributed by atoms with van der Waals surface area (Å²) in [4.78, 5) is 10.2. The van der Waals surface area contributed by atoms with Crippen LogP contribution in [0.2, 0.25) is 0 Å². The zero-order chi connectivity index (χ0) is 7.82. The third-order valence-electron chi connectivity index (χ3n) is 1.35. The van der Waals surface area contributed by atoms with Gasteiger partial charge in [-0.05, 0) is 26.4 Å². The van der Waals surface area contributed by atoms with E-state index in [0.29, 0.717) is 6.42 Å². The Balaban J connectivity index is 2.84. The largest absolute Gasteiger partial charge is 0.370 e. The third-order valence-corrected chi connectivity index (χ3v) is 1.35. The van der Waals surface area contributed by atoms with E-state index in [4.69, 9.17) is 5.73 Å². The quantitative estimate of drug-likeness (QED) is 0.525. The van der Waals surface area contributed by atoms with Gasteiger partial charge in [-0.1, -0.05) is 6.42 Å². The zero-order valence-electron chi connectivity index (χ0n) is 6.52. The number of primary amides is 1. The van der Waals surface area contributed by atoms with Crippen molar-refractivity contribution in [3.8, 4) is 0 Å². The molecule has 1 amide bonds. The molecule has 0 bridgehead atoms. The molecule has 3 nitrogen and oxygen atoms in total. The molecule has 10 heavy (non-hydrogen) atoms. The van der Waals surface area contributed by atoms with E-state index in [2.05, 4.69) is 5.32 Å². The highest BCUT2D eigenvalue weighted by atomic mass is 16.1. The van der Waals surface area contributed by atoms with Gasteiger partial charge in [0.05, 0.1) is 0 Å². The van der Waals surface area contributed by atoms with Gasteiger partial charge in [-0.15, -0.1) is 0 Å². The summed E-state index contributed by atoms with van der Waals surface area (Å²) in [5, 5.41) is 3.04. The number of hydrogen-bond donors (Lipinski definition) is 2. The summed E-state index contributed by atoms with van der Waals surface area (Å²) in [6, 6.07) is 0. The first kappa shape index (κ1) is 9.43. The molecule has 0 aliphatic carbocycles. The molecule has 0 spiro atoms. The minimum atomic E-state index is -0.190. The number of nitrogens with two attached hydrogens (primary N) is 1. The van der Waals surface area contributed by atoms with Crippen LogP contribution >= 0.6 is 0 Å². The van der Waals surface area contributed by atoms with Gasteiger partial charge in [-0.3, -0.25) is 4.79 Å². The number of carbonyl (C=O) groups is 1. The molecule has 0 aliphatic heterocycles. The molecule has 0 aromatic heterocycles. The topological polar surface area (TPSA) is 55.1 Å². The van der Waals surface area contributed by atoms with Gasteiger partial charge in [0, 0.05) is 6.42 Å². The van der Waals surface area contributed by atoms with Gasteiger partial charge in [0.1, 0.15) is 0 Å². The number of nitrogens with one attached hydrogen (secondary N) is 1. The molecule has 3 N–H and O–H groups in total. The smallest absolute Gasteiger partial charge is 0.217 e. The van der Waals surface area contributed by atoms with Crippen molar-refractivity contribution in [2.24, 2.45) is 5.73 Å². The van der Waals surface area contributed by atoms with Gasteiger partial charge in [0.2, 0.25) is 5.91 Å². The molecule has 3 heteroatoms. The van der Waals surface area contributed by atoms with Gasteiger partial charge in [-0.2, -0.15) is 0 Å². The Labute approximate surface area is 62.0 Å². The highest BCUT2D eigenvalue weighted by Gasteiger charge is 1.92. The standard InChI is InChI=1S/C7H16N2O/c1-9-6-4-2-3-5-7(8)10/h9H,2-6H2,1H3,(H2,8,10). The normalized spacial score (nSPS) is 9.70. The predicted octanol–water partition coefficient (Wildman–Crippen LogP) is 0.251. The fourth-order valence-electron chi connectivity index (χ4n) is 0.778. The highest BCUT2D eigenvalue weighted by Crippen LogP contribution is 1.96. The second-order valence-electron chi connectivity index (χ2n) is 2.38. The second-order valence-corrected chi connectivity index (χ2v) is 2.38. The van der Waals surface area contributed by atoms with Crippen molar-refractivity contribution in [1.29, 1.82) is 0 Å². The number of rotatable bonds is 6. The molecule has 0 saturated carbocycles. The Bertz CT molecular complexity index is 93.6. The summed E-state index contributed by atoms with van der Waals surface area (Å²) in [7, 11) is 1.92. The van der Waals surface area contributed by atoms with Gasteiger partial charge < -0.3 is 11.1 Å². The van der Waals surface area contributed by atoms with Crippen LogP contribution in [0.4, 0.5) is 0 Å². The van der Waals surface area contributed by atoms with Gasteiger partial charge in [0.25, 0.3) is 0 Å². The first-order valence-corrected chi connectivity index (χ1v) is 3.70. The molecular formula is C7H16N2O. The molecule has 0 saturated heterocycles. The Morgan fingerprint density at radius 2 is 2.10 bits per heavy atom. The molecule has 60 valence electrons. The van der Waals surface area contributed by atoms with Crippen molar-refractivity contribution in [1.82, 2.24) is 5.32 Å². The Morgan fingerprint density at radius 3 is 2.60 bits per heavy atom. The van der Waals surface area contributed by atoms with Crippen LogP contribution < -0.4 is 11.1 Å². The van der Waals surface area contributed by atoms with E-state index in [1.807, 2.05) is 7.05 Å². The molecule has 0 radical (unpaired) electrons. The van der Waals surface area contributed by atoms with Gasteiger partial charge >= 0.3 is 0 Å². The fraction of sp³-hybridized carbons (Fsp3) is 0.857. The lowest BCUT2D eigenvalue weighted by molar-refractivity contribution is -0.118. The summed E-state index contributed by atoms with van der Waals surface area (Å²) >= 11 is 0. The van der Waals surface area contributed by atoms with E-state index in [1.165, 1.54) is 0 Å². The van der Waals surface area contributed by atoms with Gasteiger partial charge in [0.15, 0.2) is 0 Å². The fourth-order valence-corrected chi connectivity index (χ4v) is 0.778. The van der Waals surface area contributed by atoms with Crippen molar-refractivity contribution in [2.45, 2.75) is 25.7 Å². The maximum Gasteiger partial charge on any atom is 0.217 e. The second kappa shape index (κ2) is 6.55. The van der Waals surface area contributed by atoms with Crippen LogP contribution in [-0.2, 0) is 4.79 Å². The average molecular weight is 144 g/mol. The van der Waals surface area contributed by atoms with Crippen LogP contribution in [0.5, 0.6) is 0 Å². The third kappa shape index (κ3) is 7.43. The molecule has 0 unspecified atom stereocenters. The van der Waals surface area contributed by atoms with Crippen LogP contribution in [0.15, 0.2) is 0 Å². The Morgan fingerprint density at radius 1 is 1.40 bits per heavy atom. The molecule has 0 atom stereocenters. The minimum absolute atomic E-state index is 0.190. The van der Waals surface area contributed by atoms with E-state index in [-0.39, 0.29) is 5.91 Å². The monoisotopic (exact) mass is 144 g/mol. The van der Waals surface area contributed by atoms with Crippen molar-refractivity contribution >= 4 is 5.91 Å². The highest BCUT2D eigenvalue weighted by molar-refractivity contribution is 5.73. The Hall–Kier alpha value is -0.570. The first-order chi connectivity index (χ1) is 4.77. The van der Waals surface area contributed by atoms with Crippen LogP contribution in [0.3, 0.4) is 0 Å². The lowest BCUT2D eigenvalue weighted by Crippen LogP contribution is -2.11. The number of unbranched alkanes of at least 4 members (excludes halogenated alkanes) is 2. The van der Waals surface area contributed by atoms with Crippen LogP contribution in [0.25, 0.3) is 0 Å². The molecule has 0 heterocycles. The lowest BCUT2D eigenvalue weighted by Gasteiger charge is -1.97. The van der Waals surface area contributed by atoms with Crippen LogP contribution in [0.1, 0.15) is 25.7 Å². The summed E-state index contributed by atoms with van der Waals surface area (Å²) in [5.41, 5.74) is 4.95. The van der Waals surface area contributed by atoms with E-state index >= 15 is 0 Å².